The molecule has 5 heteroatoms. The van der Waals surface area contributed by atoms with Gasteiger partial charge in [0, 0.05) is 12.6 Å². The van der Waals surface area contributed by atoms with Gasteiger partial charge in [-0.2, -0.15) is 0 Å². The summed E-state index contributed by atoms with van der Waals surface area (Å²) in [4.78, 5) is 13.6. The zero-order chi connectivity index (χ0) is 15.8. The lowest BCUT2D eigenvalue weighted by Crippen LogP contribution is -2.42. The summed E-state index contributed by atoms with van der Waals surface area (Å²) in [5.74, 6) is 1.23. The summed E-state index contributed by atoms with van der Waals surface area (Å²) in [5.41, 5.74) is 0. The van der Waals surface area contributed by atoms with Crippen molar-refractivity contribution < 1.29 is 13.9 Å². The lowest BCUT2D eigenvalue weighted by atomic mass is 9.93. The summed E-state index contributed by atoms with van der Waals surface area (Å²) >= 11 is 0. The van der Waals surface area contributed by atoms with Crippen LogP contribution in [0.1, 0.15) is 43.0 Å². The lowest BCUT2D eigenvalue weighted by Gasteiger charge is -2.31. The number of likely N-dealkylation sites (N-methyl/N-ethyl adjacent to an activating group) is 1. The Hall–Kier alpha value is -1.33. The Labute approximate surface area is 127 Å². The predicted molar refractivity (Wildman–Crippen MR) is 83.3 cm³/mol. The Balaban J connectivity index is 2.50. The van der Waals surface area contributed by atoms with Crippen molar-refractivity contribution >= 4 is 5.97 Å². The van der Waals surface area contributed by atoms with Crippen LogP contribution in [0.25, 0.3) is 0 Å². The van der Waals surface area contributed by atoms with E-state index in [0.29, 0.717) is 18.5 Å². The van der Waals surface area contributed by atoms with Crippen molar-refractivity contribution in [1.29, 1.82) is 0 Å². The zero-order valence-corrected chi connectivity index (χ0v) is 13.8. The van der Waals surface area contributed by atoms with Crippen molar-refractivity contribution in [2.75, 3.05) is 27.7 Å². The molecule has 0 amide bonds. The molecule has 1 aromatic heterocycles. The number of nitrogens with one attached hydrogen (secondary N) is 1. The first-order valence-corrected chi connectivity index (χ1v) is 7.57. The fourth-order valence-electron chi connectivity index (χ4n) is 2.63. The van der Waals surface area contributed by atoms with Crippen molar-refractivity contribution in [1.82, 2.24) is 10.2 Å². The number of esters is 1. The lowest BCUT2D eigenvalue weighted by molar-refractivity contribution is 0.0562. The normalized spacial score (nSPS) is 12.9. The molecule has 120 valence electrons. The van der Waals surface area contributed by atoms with Crippen molar-refractivity contribution in [2.24, 2.45) is 5.92 Å². The number of methoxy groups -OCH3 is 1. The van der Waals surface area contributed by atoms with Gasteiger partial charge in [0.1, 0.15) is 5.76 Å². The number of rotatable bonds is 9. The third kappa shape index (κ3) is 5.17. The maximum absolute atomic E-state index is 11.3. The third-order valence-electron chi connectivity index (χ3n) is 3.96. The fourth-order valence-corrected chi connectivity index (χ4v) is 2.63. The van der Waals surface area contributed by atoms with Crippen LogP contribution in [-0.4, -0.2) is 44.7 Å². The smallest absolute Gasteiger partial charge is 0.373 e. The molecule has 1 rings (SSSR count). The number of hydrogen-bond donors (Lipinski definition) is 1. The average molecular weight is 296 g/mol. The minimum Gasteiger partial charge on any atom is -0.463 e. The zero-order valence-electron chi connectivity index (χ0n) is 13.8. The molecule has 1 unspecified atom stereocenters. The standard InChI is InChI=1S/C16H28N2O3/c1-6-12(7-2)14(18(3)4)11-17-10-13-8-9-15(21-13)16(19)20-5/h8-9,12,14,17H,6-7,10-11H2,1-5H3. The van der Waals surface area contributed by atoms with Crippen LogP contribution < -0.4 is 5.32 Å². The van der Waals surface area contributed by atoms with E-state index >= 15 is 0 Å². The summed E-state index contributed by atoms with van der Waals surface area (Å²) in [5, 5.41) is 3.41. The summed E-state index contributed by atoms with van der Waals surface area (Å²) in [6.07, 6.45) is 2.35. The van der Waals surface area contributed by atoms with E-state index in [4.69, 9.17) is 4.42 Å². The molecule has 0 aliphatic heterocycles. The minimum atomic E-state index is -0.440. The average Bonchev–Trinajstić information content (AvgIpc) is 2.94. The number of hydrogen-bond acceptors (Lipinski definition) is 5. The summed E-state index contributed by atoms with van der Waals surface area (Å²) in [6.45, 7) is 5.98. The van der Waals surface area contributed by atoms with E-state index in [1.807, 2.05) is 0 Å². The highest BCUT2D eigenvalue weighted by Crippen LogP contribution is 2.16. The molecule has 1 N–H and O–H groups in total. The quantitative estimate of drug-likeness (QED) is 0.710. The first-order chi connectivity index (χ1) is 10.0. The van der Waals surface area contributed by atoms with E-state index in [9.17, 15) is 4.79 Å². The van der Waals surface area contributed by atoms with E-state index in [0.717, 1.165) is 12.3 Å². The van der Waals surface area contributed by atoms with E-state index < -0.39 is 5.97 Å². The first kappa shape index (κ1) is 17.7. The minimum absolute atomic E-state index is 0.249. The van der Waals surface area contributed by atoms with E-state index in [1.54, 1.807) is 12.1 Å². The van der Waals surface area contributed by atoms with E-state index in [2.05, 4.69) is 42.9 Å². The van der Waals surface area contributed by atoms with Gasteiger partial charge in [0.05, 0.1) is 13.7 Å². The number of nitrogens with zero attached hydrogens (tertiary/aromatic N) is 1. The molecule has 5 nitrogen and oxygen atoms in total. The van der Waals surface area contributed by atoms with Gasteiger partial charge in [-0.1, -0.05) is 26.7 Å². The Bertz CT molecular complexity index is 425. The van der Waals surface area contributed by atoms with Gasteiger partial charge < -0.3 is 19.4 Å². The summed E-state index contributed by atoms with van der Waals surface area (Å²) in [7, 11) is 5.58. The Morgan fingerprint density at radius 3 is 2.52 bits per heavy atom. The Kier molecular flexibility index (Phi) is 7.47. The van der Waals surface area contributed by atoms with Crippen LogP contribution in [0.2, 0.25) is 0 Å². The van der Waals surface area contributed by atoms with Gasteiger partial charge in [-0.05, 0) is 32.1 Å². The highest BCUT2D eigenvalue weighted by atomic mass is 16.5. The predicted octanol–water partition coefficient (Wildman–Crippen LogP) is 2.52. The molecular weight excluding hydrogens is 268 g/mol. The molecule has 21 heavy (non-hydrogen) atoms. The molecular formula is C16H28N2O3. The number of furan rings is 1. The van der Waals surface area contributed by atoms with Gasteiger partial charge in [0.2, 0.25) is 5.76 Å². The van der Waals surface area contributed by atoms with Gasteiger partial charge >= 0.3 is 5.97 Å². The second-order valence-corrected chi connectivity index (χ2v) is 5.50. The molecule has 0 aromatic carbocycles. The second-order valence-electron chi connectivity index (χ2n) is 5.50. The van der Waals surface area contributed by atoms with E-state index in [1.165, 1.54) is 20.0 Å². The van der Waals surface area contributed by atoms with Crippen molar-refractivity contribution in [3.8, 4) is 0 Å². The van der Waals surface area contributed by atoms with E-state index in [-0.39, 0.29) is 5.76 Å². The van der Waals surface area contributed by atoms with Gasteiger partial charge in [-0.25, -0.2) is 4.79 Å². The Morgan fingerprint density at radius 2 is 2.00 bits per heavy atom. The molecule has 0 fully saturated rings. The molecule has 0 bridgehead atoms. The topological polar surface area (TPSA) is 54.7 Å². The van der Waals surface area contributed by atoms with Crippen LogP contribution >= 0.6 is 0 Å². The maximum atomic E-state index is 11.3. The van der Waals surface area contributed by atoms with Crippen LogP contribution in [0.15, 0.2) is 16.5 Å². The van der Waals surface area contributed by atoms with Crippen LogP contribution in [0.4, 0.5) is 0 Å². The largest absolute Gasteiger partial charge is 0.463 e. The van der Waals surface area contributed by atoms with Crippen LogP contribution in [0.5, 0.6) is 0 Å². The molecule has 1 atom stereocenters. The molecule has 0 saturated heterocycles. The molecule has 0 spiro atoms. The monoisotopic (exact) mass is 296 g/mol. The van der Waals surface area contributed by atoms with Crippen LogP contribution in [-0.2, 0) is 11.3 Å². The van der Waals surface area contributed by atoms with Gasteiger partial charge in [-0.15, -0.1) is 0 Å². The number of carbonyl (C=O) groups excluding carboxylic acids is 1. The first-order valence-electron chi connectivity index (χ1n) is 7.57. The summed E-state index contributed by atoms with van der Waals surface area (Å²) < 4.78 is 10.1. The maximum Gasteiger partial charge on any atom is 0.373 e. The second kappa shape index (κ2) is 8.85. The molecule has 1 heterocycles. The highest BCUT2D eigenvalue weighted by molar-refractivity contribution is 5.86. The van der Waals surface area contributed by atoms with Crippen molar-refractivity contribution in [2.45, 2.75) is 39.3 Å². The number of ether oxygens (including phenoxy) is 1. The van der Waals surface area contributed by atoms with Crippen LogP contribution in [0, 0.1) is 5.92 Å². The molecule has 0 aliphatic carbocycles. The number of carbonyl (C=O) groups is 1. The molecule has 0 radical (unpaired) electrons. The van der Waals surface area contributed by atoms with Gasteiger partial charge in [-0.3, -0.25) is 0 Å². The molecule has 0 saturated carbocycles. The fraction of sp³-hybridized carbons (Fsp3) is 0.688. The molecule has 1 aromatic rings. The van der Waals surface area contributed by atoms with Crippen molar-refractivity contribution in [3.63, 3.8) is 0 Å². The van der Waals surface area contributed by atoms with Crippen molar-refractivity contribution in [3.05, 3.63) is 23.7 Å². The Morgan fingerprint density at radius 1 is 1.33 bits per heavy atom. The SMILES string of the molecule is CCC(CC)C(CNCc1ccc(C(=O)OC)o1)N(C)C. The highest BCUT2D eigenvalue weighted by Gasteiger charge is 2.20. The summed E-state index contributed by atoms with van der Waals surface area (Å²) in [6, 6.07) is 3.95. The third-order valence-corrected chi connectivity index (χ3v) is 3.96. The van der Waals surface area contributed by atoms with Crippen LogP contribution in [0.3, 0.4) is 0 Å². The van der Waals surface area contributed by atoms with Gasteiger partial charge in [0.25, 0.3) is 0 Å². The molecule has 0 aliphatic rings. The van der Waals surface area contributed by atoms with Gasteiger partial charge in [0.15, 0.2) is 0 Å².